The van der Waals surface area contributed by atoms with E-state index < -0.39 is 0 Å². The summed E-state index contributed by atoms with van der Waals surface area (Å²) < 4.78 is 10.1. The van der Waals surface area contributed by atoms with Crippen LogP contribution in [0.15, 0.2) is 0 Å². The molecule has 0 bridgehead atoms. The van der Waals surface area contributed by atoms with Crippen LogP contribution in [0.5, 0.6) is 0 Å². The molecule has 1 rings (SSSR count). The molecule has 1 unspecified atom stereocenters. The van der Waals surface area contributed by atoms with Crippen molar-refractivity contribution in [1.29, 1.82) is 0 Å². The predicted octanol–water partition coefficient (Wildman–Crippen LogP) is 0.453. The number of carbonyl (C=O) groups excluding carboxylic acids is 1. The van der Waals surface area contributed by atoms with Crippen molar-refractivity contribution in [3.63, 3.8) is 0 Å². The van der Waals surface area contributed by atoms with Gasteiger partial charge in [-0.1, -0.05) is 0 Å². The van der Waals surface area contributed by atoms with Crippen molar-refractivity contribution < 1.29 is 14.3 Å². The number of amides is 2. The molecule has 1 heterocycles. The first-order valence-corrected chi connectivity index (χ1v) is 5.40. The molecule has 1 N–H and O–H groups in total. The minimum Gasteiger partial charge on any atom is -0.383 e. The van der Waals surface area contributed by atoms with Gasteiger partial charge in [0.25, 0.3) is 0 Å². The highest BCUT2D eigenvalue weighted by Gasteiger charge is 2.20. The van der Waals surface area contributed by atoms with E-state index >= 15 is 0 Å². The molecule has 0 aromatic carbocycles. The highest BCUT2D eigenvalue weighted by atomic mass is 16.5. The second-order valence-corrected chi connectivity index (χ2v) is 3.58. The third-order valence-electron chi connectivity index (χ3n) is 2.49. The molecule has 5 nitrogen and oxygen atoms in total. The summed E-state index contributed by atoms with van der Waals surface area (Å²) in [6, 6.07) is 0.152. The summed E-state index contributed by atoms with van der Waals surface area (Å²) in [5.74, 6) is 0. The van der Waals surface area contributed by atoms with Gasteiger partial charge in [-0.2, -0.15) is 0 Å². The van der Waals surface area contributed by atoms with E-state index in [1.165, 1.54) is 0 Å². The van der Waals surface area contributed by atoms with Crippen LogP contribution < -0.4 is 5.32 Å². The minimum atomic E-state index is -0.0231. The molecule has 1 atom stereocenters. The number of nitrogens with zero attached hydrogens (tertiary/aromatic N) is 1. The molecule has 0 saturated carbocycles. The fraction of sp³-hybridized carbons (Fsp3) is 0.900. The molecule has 0 spiro atoms. The van der Waals surface area contributed by atoms with Crippen LogP contribution in [0.25, 0.3) is 0 Å². The SMILES string of the molecule is CCN(CCOC)C(=O)NC1CCOC1. The van der Waals surface area contributed by atoms with Crippen molar-refractivity contribution in [1.82, 2.24) is 10.2 Å². The van der Waals surface area contributed by atoms with Crippen molar-refractivity contribution >= 4 is 6.03 Å². The van der Waals surface area contributed by atoms with Gasteiger partial charge in [-0.05, 0) is 13.3 Å². The second kappa shape index (κ2) is 6.63. The third-order valence-corrected chi connectivity index (χ3v) is 2.49. The van der Waals surface area contributed by atoms with Crippen LogP contribution in [-0.4, -0.2) is 57.0 Å². The molecule has 0 aromatic rings. The van der Waals surface area contributed by atoms with Gasteiger partial charge in [0.2, 0.25) is 0 Å². The zero-order valence-electron chi connectivity index (χ0n) is 9.49. The first-order valence-electron chi connectivity index (χ1n) is 5.40. The number of urea groups is 1. The van der Waals surface area contributed by atoms with Crippen molar-refractivity contribution in [2.24, 2.45) is 0 Å². The lowest BCUT2D eigenvalue weighted by molar-refractivity contribution is 0.147. The average molecular weight is 216 g/mol. The lowest BCUT2D eigenvalue weighted by Gasteiger charge is -2.22. The first kappa shape index (κ1) is 12.3. The largest absolute Gasteiger partial charge is 0.383 e. The Morgan fingerprint density at radius 1 is 1.67 bits per heavy atom. The summed E-state index contributed by atoms with van der Waals surface area (Å²) in [6.45, 7) is 5.24. The third kappa shape index (κ3) is 4.05. The average Bonchev–Trinajstić information content (AvgIpc) is 2.71. The number of carbonyl (C=O) groups is 1. The Morgan fingerprint density at radius 2 is 2.47 bits per heavy atom. The molecule has 0 aromatic heterocycles. The number of hydrogen-bond acceptors (Lipinski definition) is 3. The highest BCUT2D eigenvalue weighted by molar-refractivity contribution is 5.74. The number of likely N-dealkylation sites (N-methyl/N-ethyl adjacent to an activating group) is 1. The maximum Gasteiger partial charge on any atom is 0.317 e. The van der Waals surface area contributed by atoms with Gasteiger partial charge in [-0.3, -0.25) is 0 Å². The van der Waals surface area contributed by atoms with Gasteiger partial charge >= 0.3 is 6.03 Å². The molecule has 0 radical (unpaired) electrons. The Labute approximate surface area is 90.7 Å². The Hall–Kier alpha value is -0.810. The Kier molecular flexibility index (Phi) is 5.42. The molecule has 5 heteroatoms. The molecule has 88 valence electrons. The highest BCUT2D eigenvalue weighted by Crippen LogP contribution is 2.04. The molecule has 0 aliphatic carbocycles. The summed E-state index contributed by atoms with van der Waals surface area (Å²) in [6.07, 6.45) is 0.910. The standard InChI is InChI=1S/C10H20N2O3/c1-3-12(5-7-14-2)10(13)11-9-4-6-15-8-9/h9H,3-8H2,1-2H3,(H,11,13). The second-order valence-electron chi connectivity index (χ2n) is 3.58. The van der Waals surface area contributed by atoms with Crippen LogP contribution in [0.4, 0.5) is 4.79 Å². The topological polar surface area (TPSA) is 50.8 Å². The van der Waals surface area contributed by atoms with Gasteiger partial charge in [-0.15, -0.1) is 0 Å². The van der Waals surface area contributed by atoms with Crippen molar-refractivity contribution in [3.05, 3.63) is 0 Å². The Morgan fingerprint density at radius 3 is 3.00 bits per heavy atom. The summed E-state index contributed by atoms with van der Waals surface area (Å²) in [5.41, 5.74) is 0. The first-order chi connectivity index (χ1) is 7.27. The summed E-state index contributed by atoms with van der Waals surface area (Å²) in [4.78, 5) is 13.5. The van der Waals surface area contributed by atoms with E-state index in [1.807, 2.05) is 6.92 Å². The van der Waals surface area contributed by atoms with E-state index in [2.05, 4.69) is 5.32 Å². The molecule has 15 heavy (non-hydrogen) atoms. The molecule has 1 saturated heterocycles. The summed E-state index contributed by atoms with van der Waals surface area (Å²) in [5, 5.41) is 2.95. The van der Waals surface area contributed by atoms with Crippen LogP contribution in [0.2, 0.25) is 0 Å². The lowest BCUT2D eigenvalue weighted by atomic mass is 10.3. The Balaban J connectivity index is 2.28. The van der Waals surface area contributed by atoms with Gasteiger partial charge in [0.1, 0.15) is 0 Å². The van der Waals surface area contributed by atoms with Gasteiger partial charge in [0.15, 0.2) is 0 Å². The fourth-order valence-corrected chi connectivity index (χ4v) is 1.52. The predicted molar refractivity (Wildman–Crippen MR) is 56.9 cm³/mol. The van der Waals surface area contributed by atoms with Crippen LogP contribution in [0.1, 0.15) is 13.3 Å². The molecule has 2 amide bonds. The minimum absolute atomic E-state index is 0.0231. The monoisotopic (exact) mass is 216 g/mol. The molecular formula is C10H20N2O3. The maximum absolute atomic E-state index is 11.7. The number of nitrogens with one attached hydrogen (secondary N) is 1. The summed E-state index contributed by atoms with van der Waals surface area (Å²) >= 11 is 0. The van der Waals surface area contributed by atoms with Crippen LogP contribution in [0.3, 0.4) is 0 Å². The van der Waals surface area contributed by atoms with Gasteiger partial charge < -0.3 is 19.7 Å². The lowest BCUT2D eigenvalue weighted by Crippen LogP contribution is -2.46. The quantitative estimate of drug-likeness (QED) is 0.726. The maximum atomic E-state index is 11.7. The zero-order valence-corrected chi connectivity index (χ0v) is 9.49. The summed E-state index contributed by atoms with van der Waals surface area (Å²) in [7, 11) is 1.64. The Bertz CT molecular complexity index is 193. The van der Waals surface area contributed by atoms with Gasteiger partial charge in [0, 0.05) is 26.8 Å². The van der Waals surface area contributed by atoms with Crippen LogP contribution in [-0.2, 0) is 9.47 Å². The van der Waals surface area contributed by atoms with E-state index in [4.69, 9.17) is 9.47 Å². The number of hydrogen-bond donors (Lipinski definition) is 1. The normalized spacial score (nSPS) is 20.3. The van der Waals surface area contributed by atoms with Crippen molar-refractivity contribution in [2.75, 3.05) is 40.0 Å². The molecular weight excluding hydrogens is 196 g/mol. The number of methoxy groups -OCH3 is 1. The molecule has 1 aliphatic rings. The van der Waals surface area contributed by atoms with Crippen LogP contribution >= 0.6 is 0 Å². The zero-order chi connectivity index (χ0) is 11.1. The smallest absolute Gasteiger partial charge is 0.317 e. The molecule has 1 aliphatic heterocycles. The van der Waals surface area contributed by atoms with E-state index in [0.717, 1.165) is 13.0 Å². The molecule has 1 fully saturated rings. The number of rotatable bonds is 5. The van der Waals surface area contributed by atoms with Gasteiger partial charge in [0.05, 0.1) is 19.3 Å². The van der Waals surface area contributed by atoms with E-state index in [-0.39, 0.29) is 12.1 Å². The van der Waals surface area contributed by atoms with E-state index in [0.29, 0.717) is 26.3 Å². The van der Waals surface area contributed by atoms with E-state index in [9.17, 15) is 4.79 Å². The van der Waals surface area contributed by atoms with Crippen molar-refractivity contribution in [2.45, 2.75) is 19.4 Å². The number of ether oxygens (including phenoxy) is 2. The van der Waals surface area contributed by atoms with Crippen molar-refractivity contribution in [3.8, 4) is 0 Å². The van der Waals surface area contributed by atoms with E-state index in [1.54, 1.807) is 12.0 Å². The van der Waals surface area contributed by atoms with Gasteiger partial charge in [-0.25, -0.2) is 4.79 Å². The fourth-order valence-electron chi connectivity index (χ4n) is 1.52. The van der Waals surface area contributed by atoms with Crippen LogP contribution in [0, 0.1) is 0 Å².